The van der Waals surface area contributed by atoms with Crippen LogP contribution >= 0.6 is 11.8 Å². The quantitative estimate of drug-likeness (QED) is 0.504. The molecule has 8 heteroatoms. The molecule has 3 rings (SSSR count). The number of esters is 1. The number of carbonyl (C=O) groups excluding carboxylic acids is 2. The minimum Gasteiger partial charge on any atom is -0.490 e. The molecule has 1 aromatic carbocycles. The molecule has 0 unspecified atom stereocenters. The number of ether oxygens (including phenoxy) is 2. The molecule has 1 aliphatic heterocycles. The van der Waals surface area contributed by atoms with Crippen molar-refractivity contribution in [3.05, 3.63) is 57.5 Å². The maximum atomic E-state index is 12.9. The van der Waals surface area contributed by atoms with Crippen molar-refractivity contribution in [3.8, 4) is 5.75 Å². The molecule has 0 saturated heterocycles. The van der Waals surface area contributed by atoms with Crippen molar-refractivity contribution < 1.29 is 19.1 Å². The average Bonchev–Trinajstić information content (AvgIpc) is 2.97. The fourth-order valence-corrected chi connectivity index (χ4v) is 4.11. The van der Waals surface area contributed by atoms with Gasteiger partial charge in [0.15, 0.2) is 0 Å². The number of hydrogen-bond acceptors (Lipinski definition) is 6. The molecule has 0 saturated carbocycles. The van der Waals surface area contributed by atoms with E-state index >= 15 is 0 Å². The second-order valence-corrected chi connectivity index (χ2v) is 8.51. The molecule has 0 fully saturated rings. The molecule has 31 heavy (non-hydrogen) atoms. The summed E-state index contributed by atoms with van der Waals surface area (Å²) >= 11 is 1.66. The lowest BCUT2D eigenvalue weighted by atomic mass is 10.1. The van der Waals surface area contributed by atoms with E-state index in [0.29, 0.717) is 38.2 Å². The van der Waals surface area contributed by atoms with E-state index in [4.69, 9.17) is 9.47 Å². The molecule has 2 heterocycles. The number of benzene rings is 1. The standard InChI is InChI=1S/C23H28N2O5S/c1-15(2)30-19-14-21(27)25-12-11-24(10-9-18(25)22(19)23(28)29-3)20(26)13-16-5-7-17(31-4)8-6-16/h5-8,14-15H,9-13H2,1-4H3. The fourth-order valence-electron chi connectivity index (χ4n) is 3.70. The van der Waals surface area contributed by atoms with Crippen LogP contribution in [0.1, 0.15) is 35.5 Å². The van der Waals surface area contributed by atoms with E-state index in [1.165, 1.54) is 13.2 Å². The van der Waals surface area contributed by atoms with E-state index in [9.17, 15) is 14.4 Å². The third-order valence-corrected chi connectivity index (χ3v) is 5.96. The van der Waals surface area contributed by atoms with Gasteiger partial charge in [-0.1, -0.05) is 12.1 Å². The monoisotopic (exact) mass is 444 g/mol. The fraction of sp³-hybridized carbons (Fsp3) is 0.435. The van der Waals surface area contributed by atoms with Crippen molar-refractivity contribution in [3.63, 3.8) is 0 Å². The number of aromatic nitrogens is 1. The van der Waals surface area contributed by atoms with Crippen LogP contribution in [0.4, 0.5) is 0 Å². The zero-order valence-electron chi connectivity index (χ0n) is 18.3. The van der Waals surface area contributed by atoms with E-state index in [1.807, 2.05) is 44.4 Å². The van der Waals surface area contributed by atoms with Gasteiger partial charge >= 0.3 is 5.97 Å². The summed E-state index contributed by atoms with van der Waals surface area (Å²) in [6, 6.07) is 9.27. The lowest BCUT2D eigenvalue weighted by Crippen LogP contribution is -2.35. The number of nitrogens with zero attached hydrogens (tertiary/aromatic N) is 2. The maximum absolute atomic E-state index is 12.9. The van der Waals surface area contributed by atoms with E-state index in [1.54, 1.807) is 21.2 Å². The van der Waals surface area contributed by atoms with Crippen LogP contribution in [0.5, 0.6) is 5.75 Å². The zero-order chi connectivity index (χ0) is 22.5. The topological polar surface area (TPSA) is 77.8 Å². The second kappa shape index (κ2) is 10.0. The van der Waals surface area contributed by atoms with Crippen molar-refractivity contribution in [1.82, 2.24) is 9.47 Å². The van der Waals surface area contributed by atoms with Gasteiger partial charge in [-0.2, -0.15) is 0 Å². The molecule has 0 bridgehead atoms. The summed E-state index contributed by atoms with van der Waals surface area (Å²) in [5, 5.41) is 0. The highest BCUT2D eigenvalue weighted by molar-refractivity contribution is 7.98. The molecule has 0 atom stereocenters. The van der Waals surface area contributed by atoms with Crippen LogP contribution in [-0.4, -0.2) is 53.9 Å². The number of fused-ring (bicyclic) bond motifs is 1. The molecule has 1 aliphatic rings. The molecule has 0 spiro atoms. The summed E-state index contributed by atoms with van der Waals surface area (Å²) < 4.78 is 12.2. The SMILES string of the molecule is COC(=O)c1c(OC(C)C)cc(=O)n2c1CCN(C(=O)Cc1ccc(SC)cc1)CC2. The van der Waals surface area contributed by atoms with Crippen molar-refractivity contribution in [1.29, 1.82) is 0 Å². The first-order valence-corrected chi connectivity index (χ1v) is 11.5. The number of rotatable bonds is 6. The second-order valence-electron chi connectivity index (χ2n) is 7.63. The Morgan fingerprint density at radius 1 is 1.13 bits per heavy atom. The lowest BCUT2D eigenvalue weighted by molar-refractivity contribution is -0.130. The van der Waals surface area contributed by atoms with Gasteiger partial charge in [0.05, 0.1) is 19.6 Å². The summed E-state index contributed by atoms with van der Waals surface area (Å²) in [5.74, 6) is -0.323. The number of carbonyl (C=O) groups is 2. The van der Waals surface area contributed by atoms with E-state index in [-0.39, 0.29) is 28.9 Å². The number of amides is 1. The summed E-state index contributed by atoms with van der Waals surface area (Å²) in [7, 11) is 1.30. The van der Waals surface area contributed by atoms with Crippen LogP contribution in [0, 0.1) is 0 Å². The first kappa shape index (κ1) is 22.9. The Morgan fingerprint density at radius 2 is 1.84 bits per heavy atom. The smallest absolute Gasteiger partial charge is 0.343 e. The predicted molar refractivity (Wildman–Crippen MR) is 120 cm³/mol. The van der Waals surface area contributed by atoms with E-state index < -0.39 is 5.97 Å². The Morgan fingerprint density at radius 3 is 2.45 bits per heavy atom. The minimum atomic E-state index is -0.548. The van der Waals surface area contributed by atoms with Gasteiger partial charge in [-0.05, 0) is 37.8 Å². The van der Waals surface area contributed by atoms with E-state index in [0.717, 1.165) is 10.5 Å². The summed E-state index contributed by atoms with van der Waals surface area (Å²) in [5.41, 5.74) is 1.51. The third-order valence-electron chi connectivity index (χ3n) is 5.21. The molecule has 0 radical (unpaired) electrons. The van der Waals surface area contributed by atoms with Crippen molar-refractivity contribution in [2.45, 2.75) is 44.2 Å². The van der Waals surface area contributed by atoms with Crippen LogP contribution < -0.4 is 10.3 Å². The van der Waals surface area contributed by atoms with Gasteiger partial charge < -0.3 is 18.9 Å². The summed E-state index contributed by atoms with van der Waals surface area (Å²) in [6.07, 6.45) is 2.47. The molecule has 0 N–H and O–H groups in total. The van der Waals surface area contributed by atoms with Crippen molar-refractivity contribution in [2.24, 2.45) is 0 Å². The molecule has 7 nitrogen and oxygen atoms in total. The Labute approximate surface area is 186 Å². The summed E-state index contributed by atoms with van der Waals surface area (Å²) in [6.45, 7) is 4.79. The summed E-state index contributed by atoms with van der Waals surface area (Å²) in [4.78, 5) is 41.1. The highest BCUT2D eigenvalue weighted by atomic mass is 32.2. The Balaban J connectivity index is 1.84. The first-order valence-electron chi connectivity index (χ1n) is 10.3. The molecule has 1 aromatic heterocycles. The Bertz CT molecular complexity index is 1010. The number of pyridine rings is 1. The van der Waals surface area contributed by atoms with E-state index in [2.05, 4.69) is 0 Å². The third kappa shape index (κ3) is 5.31. The van der Waals surface area contributed by atoms with Crippen molar-refractivity contribution >= 4 is 23.6 Å². The van der Waals surface area contributed by atoms with Crippen LogP contribution in [-0.2, 0) is 28.9 Å². The van der Waals surface area contributed by atoms with Crippen LogP contribution in [0.3, 0.4) is 0 Å². The first-order chi connectivity index (χ1) is 14.8. The zero-order valence-corrected chi connectivity index (χ0v) is 19.2. The van der Waals surface area contributed by atoms with Gasteiger partial charge in [-0.25, -0.2) is 4.79 Å². The highest BCUT2D eigenvalue weighted by Gasteiger charge is 2.27. The predicted octanol–water partition coefficient (Wildman–Crippen LogP) is 2.77. The maximum Gasteiger partial charge on any atom is 0.343 e. The van der Waals surface area contributed by atoms with Crippen LogP contribution in [0.15, 0.2) is 40.0 Å². The van der Waals surface area contributed by atoms with Crippen molar-refractivity contribution in [2.75, 3.05) is 26.5 Å². The molecular formula is C23H28N2O5S. The number of methoxy groups -OCH3 is 1. The van der Waals surface area contributed by atoms with Gasteiger partial charge in [0, 0.05) is 42.7 Å². The molecule has 166 valence electrons. The normalized spacial score (nSPS) is 13.5. The molecule has 0 aliphatic carbocycles. The lowest BCUT2D eigenvalue weighted by Gasteiger charge is -2.20. The van der Waals surface area contributed by atoms with Crippen LogP contribution in [0.2, 0.25) is 0 Å². The van der Waals surface area contributed by atoms with Crippen LogP contribution in [0.25, 0.3) is 0 Å². The molecule has 2 aromatic rings. The average molecular weight is 445 g/mol. The number of thioether (sulfide) groups is 1. The Hall–Kier alpha value is -2.74. The van der Waals surface area contributed by atoms with Gasteiger partial charge in [0.1, 0.15) is 11.3 Å². The largest absolute Gasteiger partial charge is 0.490 e. The molecule has 1 amide bonds. The molecular weight excluding hydrogens is 416 g/mol. The highest BCUT2D eigenvalue weighted by Crippen LogP contribution is 2.25. The van der Waals surface area contributed by atoms with Gasteiger partial charge in [-0.15, -0.1) is 11.8 Å². The van der Waals surface area contributed by atoms with Gasteiger partial charge in [-0.3, -0.25) is 9.59 Å². The minimum absolute atomic E-state index is 0.00368. The Kier molecular flexibility index (Phi) is 7.43. The van der Waals surface area contributed by atoms with Gasteiger partial charge in [0.2, 0.25) is 5.91 Å². The van der Waals surface area contributed by atoms with Gasteiger partial charge in [0.25, 0.3) is 5.56 Å². The number of hydrogen-bond donors (Lipinski definition) is 0.